The van der Waals surface area contributed by atoms with Crippen LogP contribution in [-0.2, 0) is 0 Å². The molecule has 0 amide bonds. The van der Waals surface area contributed by atoms with Gasteiger partial charge in [0.1, 0.15) is 0 Å². The van der Waals surface area contributed by atoms with E-state index in [1.165, 1.54) is 19.5 Å². The van der Waals surface area contributed by atoms with Crippen LogP contribution in [0.2, 0.25) is 0 Å². The van der Waals surface area contributed by atoms with Crippen LogP contribution >= 0.6 is 0 Å². The predicted octanol–water partition coefficient (Wildman–Crippen LogP) is 1.25. The summed E-state index contributed by atoms with van der Waals surface area (Å²) in [4.78, 5) is 0. The molecule has 0 aromatic rings. The molecule has 11 heavy (non-hydrogen) atoms. The van der Waals surface area contributed by atoms with Crippen molar-refractivity contribution < 1.29 is 9.59 Å². The highest BCUT2D eigenvalue weighted by molar-refractivity contribution is 4.39. The molecule has 0 radical (unpaired) electrons. The molecular weight excluding hydrogens is 138 g/mol. The zero-order chi connectivity index (χ0) is 8.74. The molecule has 1 N–H and O–H groups in total. The molecular formula is C9H22NO+. The summed E-state index contributed by atoms with van der Waals surface area (Å²) in [6.45, 7) is 4.99. The lowest BCUT2D eigenvalue weighted by atomic mass is 10.2. The summed E-state index contributed by atoms with van der Waals surface area (Å²) in [5.41, 5.74) is 0. The highest BCUT2D eigenvalue weighted by Crippen LogP contribution is 2.02. The summed E-state index contributed by atoms with van der Waals surface area (Å²) in [5, 5.41) is 8.55. The summed E-state index contributed by atoms with van der Waals surface area (Å²) in [6.07, 6.45) is 3.36. The van der Waals surface area contributed by atoms with Gasteiger partial charge in [0, 0.05) is 6.61 Å². The average Bonchev–Trinajstić information content (AvgIpc) is 1.99. The van der Waals surface area contributed by atoms with Crippen molar-refractivity contribution in [1.29, 1.82) is 0 Å². The Morgan fingerprint density at radius 2 is 1.73 bits per heavy atom. The van der Waals surface area contributed by atoms with E-state index in [2.05, 4.69) is 21.0 Å². The molecule has 0 fully saturated rings. The average molecular weight is 160 g/mol. The molecule has 2 heteroatoms. The van der Waals surface area contributed by atoms with E-state index in [0.717, 1.165) is 17.3 Å². The first-order valence-corrected chi connectivity index (χ1v) is 4.55. The fourth-order valence-electron chi connectivity index (χ4n) is 0.987. The molecule has 0 aliphatic rings. The van der Waals surface area contributed by atoms with E-state index in [1.807, 2.05) is 0 Å². The van der Waals surface area contributed by atoms with Gasteiger partial charge in [0.15, 0.2) is 0 Å². The van der Waals surface area contributed by atoms with Crippen molar-refractivity contribution in [1.82, 2.24) is 0 Å². The molecule has 0 atom stereocenters. The standard InChI is InChI=1S/C9H22NO/c1-4-10(2,3)8-6-5-7-9-11/h11H,4-9H2,1-3H3/q+1. The van der Waals surface area contributed by atoms with Crippen LogP contribution < -0.4 is 0 Å². The number of hydrogen-bond acceptors (Lipinski definition) is 1. The van der Waals surface area contributed by atoms with Gasteiger partial charge in [-0.2, -0.15) is 0 Å². The highest BCUT2D eigenvalue weighted by Gasteiger charge is 2.09. The molecule has 0 aliphatic carbocycles. The fourth-order valence-corrected chi connectivity index (χ4v) is 0.987. The van der Waals surface area contributed by atoms with Gasteiger partial charge < -0.3 is 9.59 Å². The molecule has 0 bridgehead atoms. The summed E-state index contributed by atoms with van der Waals surface area (Å²) >= 11 is 0. The van der Waals surface area contributed by atoms with Crippen molar-refractivity contribution in [3.8, 4) is 0 Å². The number of nitrogens with zero attached hydrogens (tertiary/aromatic N) is 1. The Balaban J connectivity index is 3.23. The van der Waals surface area contributed by atoms with Crippen LogP contribution in [0.15, 0.2) is 0 Å². The van der Waals surface area contributed by atoms with Crippen LogP contribution in [0.25, 0.3) is 0 Å². The molecule has 2 nitrogen and oxygen atoms in total. The van der Waals surface area contributed by atoms with Crippen LogP contribution in [0.5, 0.6) is 0 Å². The van der Waals surface area contributed by atoms with E-state index in [-0.39, 0.29) is 0 Å². The maximum atomic E-state index is 8.55. The number of rotatable bonds is 6. The second-order valence-corrected chi connectivity index (χ2v) is 3.76. The molecule has 0 heterocycles. The summed E-state index contributed by atoms with van der Waals surface area (Å²) in [7, 11) is 4.50. The van der Waals surface area contributed by atoms with E-state index in [9.17, 15) is 0 Å². The minimum absolute atomic E-state index is 0.347. The second kappa shape index (κ2) is 5.56. The Morgan fingerprint density at radius 3 is 2.18 bits per heavy atom. The molecule has 0 aliphatic heterocycles. The third-order valence-corrected chi connectivity index (χ3v) is 2.28. The number of unbranched alkanes of at least 4 members (excludes halogenated alkanes) is 2. The minimum Gasteiger partial charge on any atom is -0.396 e. The molecule has 0 aromatic heterocycles. The fraction of sp³-hybridized carbons (Fsp3) is 1.00. The summed E-state index contributed by atoms with van der Waals surface area (Å²) in [5.74, 6) is 0. The normalized spacial score (nSPS) is 12.0. The Hall–Kier alpha value is -0.0800. The first kappa shape index (κ1) is 10.9. The van der Waals surface area contributed by atoms with Crippen LogP contribution in [-0.4, -0.2) is 43.4 Å². The van der Waals surface area contributed by atoms with E-state index in [4.69, 9.17) is 5.11 Å². The van der Waals surface area contributed by atoms with E-state index in [1.54, 1.807) is 0 Å². The maximum Gasteiger partial charge on any atom is 0.0782 e. The van der Waals surface area contributed by atoms with Gasteiger partial charge in [0.05, 0.1) is 27.2 Å². The zero-order valence-corrected chi connectivity index (χ0v) is 8.14. The van der Waals surface area contributed by atoms with Gasteiger partial charge in [-0.3, -0.25) is 0 Å². The topological polar surface area (TPSA) is 20.2 Å². The molecule has 68 valence electrons. The van der Waals surface area contributed by atoms with Gasteiger partial charge >= 0.3 is 0 Å². The molecule has 0 saturated carbocycles. The van der Waals surface area contributed by atoms with Gasteiger partial charge in [0.2, 0.25) is 0 Å². The summed E-state index contributed by atoms with van der Waals surface area (Å²) < 4.78 is 1.10. The number of aliphatic hydroxyl groups is 1. The minimum atomic E-state index is 0.347. The second-order valence-electron chi connectivity index (χ2n) is 3.76. The number of aliphatic hydroxyl groups excluding tert-OH is 1. The zero-order valence-electron chi connectivity index (χ0n) is 8.14. The lowest BCUT2D eigenvalue weighted by Crippen LogP contribution is -2.39. The van der Waals surface area contributed by atoms with Gasteiger partial charge in [0.25, 0.3) is 0 Å². The van der Waals surface area contributed by atoms with Crippen LogP contribution in [0.1, 0.15) is 26.2 Å². The molecule has 0 aromatic carbocycles. The maximum absolute atomic E-state index is 8.55. The van der Waals surface area contributed by atoms with Gasteiger partial charge in [-0.25, -0.2) is 0 Å². The van der Waals surface area contributed by atoms with Crippen molar-refractivity contribution in [3.05, 3.63) is 0 Å². The Kier molecular flexibility index (Phi) is 5.51. The first-order valence-electron chi connectivity index (χ1n) is 4.55. The van der Waals surface area contributed by atoms with Crippen LogP contribution in [0, 0.1) is 0 Å². The van der Waals surface area contributed by atoms with E-state index in [0.29, 0.717) is 6.61 Å². The molecule has 0 rings (SSSR count). The SMILES string of the molecule is CC[N+](C)(C)CCCCCO. The van der Waals surface area contributed by atoms with Gasteiger partial charge in [-0.05, 0) is 26.2 Å². The number of hydrogen-bond donors (Lipinski definition) is 1. The van der Waals surface area contributed by atoms with Crippen molar-refractivity contribution in [3.63, 3.8) is 0 Å². The van der Waals surface area contributed by atoms with Crippen LogP contribution in [0.3, 0.4) is 0 Å². The molecule has 0 saturated heterocycles. The third kappa shape index (κ3) is 6.32. The van der Waals surface area contributed by atoms with Crippen LogP contribution in [0.4, 0.5) is 0 Å². The van der Waals surface area contributed by atoms with Gasteiger partial charge in [-0.15, -0.1) is 0 Å². The number of quaternary nitrogens is 1. The van der Waals surface area contributed by atoms with Crippen molar-refractivity contribution in [2.75, 3.05) is 33.8 Å². The van der Waals surface area contributed by atoms with Crippen molar-refractivity contribution in [2.24, 2.45) is 0 Å². The lowest BCUT2D eigenvalue weighted by molar-refractivity contribution is -0.888. The Labute approximate surface area is 70.4 Å². The smallest absolute Gasteiger partial charge is 0.0782 e. The molecule has 0 unspecified atom stereocenters. The third-order valence-electron chi connectivity index (χ3n) is 2.28. The largest absolute Gasteiger partial charge is 0.396 e. The van der Waals surface area contributed by atoms with Crippen molar-refractivity contribution in [2.45, 2.75) is 26.2 Å². The quantitative estimate of drug-likeness (QED) is 0.458. The molecule has 0 spiro atoms. The predicted molar refractivity (Wildman–Crippen MR) is 48.5 cm³/mol. The van der Waals surface area contributed by atoms with E-state index >= 15 is 0 Å². The van der Waals surface area contributed by atoms with Gasteiger partial charge in [-0.1, -0.05) is 0 Å². The Morgan fingerprint density at radius 1 is 1.09 bits per heavy atom. The summed E-state index contributed by atoms with van der Waals surface area (Å²) in [6, 6.07) is 0. The lowest BCUT2D eigenvalue weighted by Gasteiger charge is -2.27. The van der Waals surface area contributed by atoms with Crippen molar-refractivity contribution >= 4 is 0 Å². The monoisotopic (exact) mass is 160 g/mol. The van der Waals surface area contributed by atoms with E-state index < -0.39 is 0 Å². The first-order chi connectivity index (χ1) is 5.12. The highest BCUT2D eigenvalue weighted by atomic mass is 16.2. The Bertz CT molecular complexity index is 91.6.